The summed E-state index contributed by atoms with van der Waals surface area (Å²) in [4.78, 5) is 2.49. The molecule has 2 heteroatoms. The lowest BCUT2D eigenvalue weighted by atomic mass is 9.85. The van der Waals surface area contributed by atoms with Gasteiger partial charge in [0.05, 0.1) is 6.61 Å². The third kappa shape index (κ3) is 2.21. The quantitative estimate of drug-likeness (QED) is 0.748. The number of rotatable bonds is 4. The van der Waals surface area contributed by atoms with Crippen molar-refractivity contribution in [2.75, 3.05) is 26.8 Å². The van der Waals surface area contributed by atoms with Crippen LogP contribution in [0.5, 0.6) is 0 Å². The molecule has 1 aromatic carbocycles. The van der Waals surface area contributed by atoms with Gasteiger partial charge in [-0.1, -0.05) is 37.3 Å². The molecule has 0 spiro atoms. The van der Waals surface area contributed by atoms with Gasteiger partial charge in [0.15, 0.2) is 0 Å². The van der Waals surface area contributed by atoms with Gasteiger partial charge in [-0.3, -0.25) is 4.90 Å². The number of hydrogen-bond acceptors (Lipinski definition) is 2. The lowest BCUT2D eigenvalue weighted by Crippen LogP contribution is -2.49. The zero-order valence-electron chi connectivity index (χ0n) is 9.52. The van der Waals surface area contributed by atoms with Gasteiger partial charge in [-0.2, -0.15) is 0 Å². The average molecular weight is 205 g/mol. The molecule has 1 aromatic rings. The van der Waals surface area contributed by atoms with Gasteiger partial charge in [0.2, 0.25) is 0 Å². The second-order valence-corrected chi connectivity index (χ2v) is 4.32. The van der Waals surface area contributed by atoms with Gasteiger partial charge < -0.3 is 4.74 Å². The maximum Gasteiger partial charge on any atom is 0.0589 e. The number of benzene rings is 1. The molecule has 0 aromatic heterocycles. The van der Waals surface area contributed by atoms with Gasteiger partial charge in [0.25, 0.3) is 0 Å². The van der Waals surface area contributed by atoms with Gasteiger partial charge in [-0.15, -0.1) is 0 Å². The van der Waals surface area contributed by atoms with Crippen LogP contribution in [0.1, 0.15) is 18.5 Å². The smallest absolute Gasteiger partial charge is 0.0589 e. The number of nitrogens with zero attached hydrogens (tertiary/aromatic N) is 1. The molecule has 0 saturated carbocycles. The van der Waals surface area contributed by atoms with Crippen molar-refractivity contribution in [3.05, 3.63) is 35.9 Å². The second kappa shape index (κ2) is 4.77. The Balaban J connectivity index is 2.01. The van der Waals surface area contributed by atoms with E-state index >= 15 is 0 Å². The van der Waals surface area contributed by atoms with E-state index in [9.17, 15) is 0 Å². The van der Waals surface area contributed by atoms with E-state index in [1.807, 2.05) is 0 Å². The van der Waals surface area contributed by atoms with Crippen molar-refractivity contribution < 1.29 is 4.74 Å². The Labute approximate surface area is 91.9 Å². The number of ether oxygens (including phenoxy) is 1. The molecule has 0 radical (unpaired) electrons. The van der Waals surface area contributed by atoms with E-state index < -0.39 is 0 Å². The topological polar surface area (TPSA) is 12.5 Å². The van der Waals surface area contributed by atoms with Gasteiger partial charge in [-0.05, 0) is 11.5 Å². The first-order chi connectivity index (χ1) is 7.33. The first-order valence-electron chi connectivity index (χ1n) is 5.61. The molecule has 1 aliphatic heterocycles. The van der Waals surface area contributed by atoms with Crippen LogP contribution in [0.2, 0.25) is 0 Å². The molecular weight excluding hydrogens is 186 g/mol. The highest BCUT2D eigenvalue weighted by Crippen LogP contribution is 2.37. The van der Waals surface area contributed by atoms with Crippen molar-refractivity contribution >= 4 is 0 Å². The molecule has 0 aliphatic carbocycles. The molecule has 1 saturated heterocycles. The van der Waals surface area contributed by atoms with Gasteiger partial charge in [0.1, 0.15) is 0 Å². The predicted molar refractivity (Wildman–Crippen MR) is 61.8 cm³/mol. The fourth-order valence-electron chi connectivity index (χ4n) is 2.43. The zero-order valence-corrected chi connectivity index (χ0v) is 9.52. The third-order valence-electron chi connectivity index (χ3n) is 3.18. The summed E-state index contributed by atoms with van der Waals surface area (Å²) in [5.41, 5.74) is 1.44. The molecule has 1 aliphatic rings. The molecule has 15 heavy (non-hydrogen) atoms. The first kappa shape index (κ1) is 10.7. The molecule has 1 fully saturated rings. The first-order valence-corrected chi connectivity index (χ1v) is 5.61. The van der Waals surface area contributed by atoms with Crippen LogP contribution in [0.15, 0.2) is 30.3 Å². The van der Waals surface area contributed by atoms with Crippen molar-refractivity contribution in [1.29, 1.82) is 0 Å². The maximum absolute atomic E-state index is 5.13. The van der Waals surface area contributed by atoms with Crippen molar-refractivity contribution in [3.63, 3.8) is 0 Å². The van der Waals surface area contributed by atoms with Crippen molar-refractivity contribution in [2.45, 2.75) is 13.0 Å². The van der Waals surface area contributed by atoms with Crippen LogP contribution in [0.3, 0.4) is 0 Å². The fraction of sp³-hybridized carbons (Fsp3) is 0.538. The molecule has 2 atom stereocenters. The van der Waals surface area contributed by atoms with Crippen LogP contribution in [-0.4, -0.2) is 31.7 Å². The molecule has 2 rings (SSSR count). The minimum absolute atomic E-state index is 0.598. The summed E-state index contributed by atoms with van der Waals surface area (Å²) in [6.07, 6.45) is 0. The molecule has 0 unspecified atom stereocenters. The van der Waals surface area contributed by atoms with E-state index in [1.54, 1.807) is 7.11 Å². The largest absolute Gasteiger partial charge is 0.383 e. The summed E-state index contributed by atoms with van der Waals surface area (Å²) >= 11 is 0. The predicted octanol–water partition coefficient (Wildman–Crippen LogP) is 2.33. The normalized spacial score (nSPS) is 26.3. The van der Waals surface area contributed by atoms with Gasteiger partial charge in [-0.25, -0.2) is 0 Å². The van der Waals surface area contributed by atoms with E-state index in [0.717, 1.165) is 19.1 Å². The number of hydrogen-bond donors (Lipinski definition) is 0. The molecule has 2 nitrogen and oxygen atoms in total. The highest BCUT2D eigenvalue weighted by molar-refractivity contribution is 5.22. The lowest BCUT2D eigenvalue weighted by Gasteiger charge is -2.47. The SMILES string of the molecule is COCCN1C[C@H](C)[C@@H]1c1ccccc1. The van der Waals surface area contributed by atoms with E-state index in [4.69, 9.17) is 4.74 Å². The minimum atomic E-state index is 0.598. The van der Waals surface area contributed by atoms with E-state index in [0.29, 0.717) is 6.04 Å². The summed E-state index contributed by atoms with van der Waals surface area (Å²) in [6, 6.07) is 11.4. The van der Waals surface area contributed by atoms with Crippen LogP contribution in [0.4, 0.5) is 0 Å². The number of likely N-dealkylation sites (tertiary alicyclic amines) is 1. The fourth-order valence-corrected chi connectivity index (χ4v) is 2.43. The summed E-state index contributed by atoms with van der Waals surface area (Å²) in [7, 11) is 1.76. The molecule has 0 bridgehead atoms. The monoisotopic (exact) mass is 205 g/mol. The Bertz CT molecular complexity index is 299. The molecule has 82 valence electrons. The van der Waals surface area contributed by atoms with Crippen LogP contribution in [-0.2, 0) is 4.74 Å². The Hall–Kier alpha value is -0.860. The Morgan fingerprint density at radius 2 is 2.07 bits per heavy atom. The van der Waals surface area contributed by atoms with Crippen molar-refractivity contribution in [2.24, 2.45) is 5.92 Å². The molecule has 0 N–H and O–H groups in total. The summed E-state index contributed by atoms with van der Waals surface area (Å²) in [6.45, 7) is 5.39. The van der Waals surface area contributed by atoms with Gasteiger partial charge >= 0.3 is 0 Å². The Kier molecular flexibility index (Phi) is 3.39. The van der Waals surface area contributed by atoms with E-state index in [2.05, 4.69) is 42.2 Å². The summed E-state index contributed by atoms with van der Waals surface area (Å²) < 4.78 is 5.13. The van der Waals surface area contributed by atoms with Crippen molar-refractivity contribution in [3.8, 4) is 0 Å². The Morgan fingerprint density at radius 3 is 2.67 bits per heavy atom. The van der Waals surface area contributed by atoms with Crippen LogP contribution < -0.4 is 0 Å². The number of methoxy groups -OCH3 is 1. The summed E-state index contributed by atoms with van der Waals surface area (Å²) in [5, 5.41) is 0. The highest BCUT2D eigenvalue weighted by atomic mass is 16.5. The van der Waals surface area contributed by atoms with Crippen molar-refractivity contribution in [1.82, 2.24) is 4.90 Å². The van der Waals surface area contributed by atoms with Gasteiger partial charge in [0, 0.05) is 26.2 Å². The van der Waals surface area contributed by atoms with E-state index in [1.165, 1.54) is 12.1 Å². The van der Waals surface area contributed by atoms with Crippen LogP contribution >= 0.6 is 0 Å². The highest BCUT2D eigenvalue weighted by Gasteiger charge is 2.35. The van der Waals surface area contributed by atoms with Crippen LogP contribution in [0.25, 0.3) is 0 Å². The lowest BCUT2D eigenvalue weighted by molar-refractivity contribution is 0.00402. The standard InChI is InChI=1S/C13H19NO/c1-11-10-14(8-9-15-2)13(11)12-6-4-3-5-7-12/h3-7,11,13H,8-10H2,1-2H3/t11-,13+/m0/s1. The second-order valence-electron chi connectivity index (χ2n) is 4.32. The molecule has 1 heterocycles. The zero-order chi connectivity index (χ0) is 10.7. The Morgan fingerprint density at radius 1 is 1.33 bits per heavy atom. The molecule has 0 amide bonds. The van der Waals surface area contributed by atoms with Crippen LogP contribution in [0, 0.1) is 5.92 Å². The molecular formula is C13H19NO. The third-order valence-corrected chi connectivity index (χ3v) is 3.18. The van der Waals surface area contributed by atoms with E-state index in [-0.39, 0.29) is 0 Å². The average Bonchev–Trinajstić information content (AvgIpc) is 2.25. The maximum atomic E-state index is 5.13. The summed E-state index contributed by atoms with van der Waals surface area (Å²) in [5.74, 6) is 0.768. The minimum Gasteiger partial charge on any atom is -0.383 e.